The highest BCUT2D eigenvalue weighted by Crippen LogP contribution is 2.43. The van der Waals surface area contributed by atoms with E-state index in [-0.39, 0.29) is 0 Å². The third-order valence-corrected chi connectivity index (χ3v) is 12.0. The van der Waals surface area contributed by atoms with Gasteiger partial charge in [0.15, 0.2) is 0 Å². The van der Waals surface area contributed by atoms with Gasteiger partial charge in [-0.15, -0.1) is 0 Å². The van der Waals surface area contributed by atoms with Gasteiger partial charge in [-0.05, 0) is 111 Å². The van der Waals surface area contributed by atoms with Crippen molar-refractivity contribution >= 4 is 87.6 Å². The van der Waals surface area contributed by atoms with E-state index in [0.29, 0.717) is 0 Å². The Bertz CT molecular complexity index is 3380. The molecule has 11 aromatic rings. The van der Waals surface area contributed by atoms with E-state index in [1.54, 1.807) is 0 Å². The predicted molar refractivity (Wildman–Crippen MR) is 230 cm³/mol. The molecule has 0 spiro atoms. The Labute approximate surface area is 312 Å². The van der Waals surface area contributed by atoms with Crippen LogP contribution in [0.3, 0.4) is 0 Å². The van der Waals surface area contributed by atoms with Crippen molar-refractivity contribution in [3.63, 3.8) is 0 Å². The van der Waals surface area contributed by atoms with Crippen molar-refractivity contribution in [2.45, 2.75) is 12.8 Å². The molecule has 0 N–H and O–H groups in total. The number of para-hydroxylation sites is 2. The van der Waals surface area contributed by atoms with Gasteiger partial charge in [0, 0.05) is 32.6 Å². The molecule has 0 amide bonds. The van der Waals surface area contributed by atoms with Crippen LogP contribution < -0.4 is 0 Å². The minimum absolute atomic E-state index is 1.02. The predicted octanol–water partition coefficient (Wildman–Crippen LogP) is 13.8. The first kappa shape index (κ1) is 29.7. The van der Waals surface area contributed by atoms with Gasteiger partial charge in [-0.3, -0.25) is 0 Å². The summed E-state index contributed by atoms with van der Waals surface area (Å²) in [6.45, 7) is 0. The highest BCUT2D eigenvalue weighted by Gasteiger charge is 2.22. The Morgan fingerprint density at radius 2 is 1.04 bits per heavy atom. The number of allylic oxidation sites excluding steroid dienone is 1. The minimum Gasteiger partial charge on any atom is -0.309 e. The van der Waals surface area contributed by atoms with Crippen molar-refractivity contribution in [1.29, 1.82) is 0 Å². The summed E-state index contributed by atoms with van der Waals surface area (Å²) in [5, 5.41) is 12.9. The van der Waals surface area contributed by atoms with Crippen LogP contribution in [0.2, 0.25) is 0 Å². The fourth-order valence-corrected chi connectivity index (χ4v) is 9.51. The zero-order chi connectivity index (χ0) is 35.3. The summed E-state index contributed by atoms with van der Waals surface area (Å²) < 4.78 is 4.91. The van der Waals surface area contributed by atoms with Crippen molar-refractivity contribution in [3.05, 3.63) is 193 Å². The number of nitrogens with zero attached hydrogens (tertiary/aromatic N) is 2. The molecule has 0 unspecified atom stereocenters. The zero-order valence-corrected chi connectivity index (χ0v) is 29.6. The number of aromatic nitrogens is 2. The lowest BCUT2D eigenvalue weighted by molar-refractivity contribution is 1.00. The summed E-state index contributed by atoms with van der Waals surface area (Å²) in [6, 6.07) is 65.1. The van der Waals surface area contributed by atoms with Gasteiger partial charge in [-0.1, -0.05) is 133 Å². The number of rotatable bonds is 3. The van der Waals surface area contributed by atoms with E-state index in [9.17, 15) is 0 Å². The Morgan fingerprint density at radius 1 is 0.370 bits per heavy atom. The molecule has 0 radical (unpaired) electrons. The molecule has 2 nitrogen and oxygen atoms in total. The number of hydrogen-bond acceptors (Lipinski definition) is 0. The van der Waals surface area contributed by atoms with Crippen LogP contribution >= 0.6 is 0 Å². The molecule has 2 aromatic heterocycles. The average molecular weight is 687 g/mol. The SMILES string of the molecule is C1=C(c2ccc3c(ccc4c3c3ccccc3n4-c3ccc4ccccc4c3)c2)CCc2ccc3c(c21)c1ccccc1n3-c1cccc2ccccc12. The first-order chi connectivity index (χ1) is 26.8. The van der Waals surface area contributed by atoms with Gasteiger partial charge >= 0.3 is 0 Å². The molecule has 0 fully saturated rings. The van der Waals surface area contributed by atoms with Crippen LogP contribution in [-0.4, -0.2) is 9.13 Å². The molecular formula is C52H34N2. The fraction of sp³-hybridized carbons (Fsp3) is 0.0385. The zero-order valence-electron chi connectivity index (χ0n) is 29.6. The van der Waals surface area contributed by atoms with Gasteiger partial charge in [0.25, 0.3) is 0 Å². The highest BCUT2D eigenvalue weighted by atomic mass is 15.0. The normalized spacial score (nSPS) is 13.1. The fourth-order valence-electron chi connectivity index (χ4n) is 9.51. The molecule has 2 heteroatoms. The molecule has 0 aliphatic heterocycles. The molecular weight excluding hydrogens is 653 g/mol. The second-order valence-electron chi connectivity index (χ2n) is 14.8. The molecule has 12 rings (SSSR count). The second kappa shape index (κ2) is 11.3. The summed E-state index contributed by atoms with van der Waals surface area (Å²) in [5.74, 6) is 0. The van der Waals surface area contributed by atoms with Gasteiger partial charge in [-0.2, -0.15) is 0 Å². The van der Waals surface area contributed by atoms with E-state index < -0.39 is 0 Å². The van der Waals surface area contributed by atoms with E-state index in [4.69, 9.17) is 0 Å². The Kier molecular flexibility index (Phi) is 6.20. The van der Waals surface area contributed by atoms with Crippen LogP contribution in [0.15, 0.2) is 176 Å². The molecule has 0 saturated carbocycles. The van der Waals surface area contributed by atoms with Crippen molar-refractivity contribution in [3.8, 4) is 11.4 Å². The molecule has 1 aliphatic rings. The third kappa shape index (κ3) is 4.22. The number of fused-ring (bicyclic) bond motifs is 12. The Hall–Kier alpha value is -6.90. The quantitative estimate of drug-likeness (QED) is 0.175. The molecule has 0 bridgehead atoms. The maximum Gasteiger partial charge on any atom is 0.0547 e. The first-order valence-corrected chi connectivity index (χ1v) is 19.0. The van der Waals surface area contributed by atoms with Crippen LogP contribution in [0, 0.1) is 0 Å². The number of hydrogen-bond donors (Lipinski definition) is 0. The van der Waals surface area contributed by atoms with Crippen LogP contribution in [0.25, 0.3) is 99.0 Å². The van der Waals surface area contributed by atoms with Gasteiger partial charge in [0.2, 0.25) is 0 Å². The maximum atomic E-state index is 2.49. The Morgan fingerprint density at radius 3 is 1.91 bits per heavy atom. The van der Waals surface area contributed by atoms with E-state index in [1.165, 1.54) is 110 Å². The van der Waals surface area contributed by atoms with Crippen LogP contribution in [0.4, 0.5) is 0 Å². The number of aryl methyl sites for hydroxylation is 1. The standard InChI is InChI=1S/C52H34N2/c1-2-12-36-31-40(26-22-33(36)10-1)53-47-17-7-5-15-43(47)51-42-27-23-37(30-39(42)25-29-49(51)53)38-21-20-35-24-28-50-52(45(35)32-38)44-16-6-8-18-48(44)54(50)46-19-9-13-34-11-3-4-14-41(34)46/h1-19,22-32H,20-21H2. The van der Waals surface area contributed by atoms with Crippen LogP contribution in [0.1, 0.15) is 23.1 Å². The molecule has 0 atom stereocenters. The summed E-state index contributed by atoms with van der Waals surface area (Å²) in [7, 11) is 0. The first-order valence-electron chi connectivity index (χ1n) is 19.0. The third-order valence-electron chi connectivity index (χ3n) is 12.0. The average Bonchev–Trinajstić information content (AvgIpc) is 3.76. The smallest absolute Gasteiger partial charge is 0.0547 e. The second-order valence-corrected chi connectivity index (χ2v) is 14.8. The molecule has 252 valence electrons. The summed E-state index contributed by atoms with van der Waals surface area (Å²) >= 11 is 0. The van der Waals surface area contributed by atoms with Crippen molar-refractivity contribution < 1.29 is 0 Å². The lowest BCUT2D eigenvalue weighted by Gasteiger charge is -2.19. The highest BCUT2D eigenvalue weighted by molar-refractivity contribution is 6.22. The molecule has 1 aliphatic carbocycles. The monoisotopic (exact) mass is 686 g/mol. The topological polar surface area (TPSA) is 9.86 Å². The lowest BCUT2D eigenvalue weighted by Crippen LogP contribution is -2.01. The van der Waals surface area contributed by atoms with Crippen LogP contribution in [0.5, 0.6) is 0 Å². The lowest BCUT2D eigenvalue weighted by atomic mass is 9.86. The molecule has 9 aromatic carbocycles. The van der Waals surface area contributed by atoms with E-state index in [1.807, 2.05) is 0 Å². The molecule has 54 heavy (non-hydrogen) atoms. The van der Waals surface area contributed by atoms with Gasteiger partial charge in [0.1, 0.15) is 0 Å². The largest absolute Gasteiger partial charge is 0.309 e. The Balaban J connectivity index is 1.03. The van der Waals surface area contributed by atoms with E-state index >= 15 is 0 Å². The van der Waals surface area contributed by atoms with Gasteiger partial charge in [0.05, 0.1) is 27.8 Å². The van der Waals surface area contributed by atoms with Crippen molar-refractivity contribution in [1.82, 2.24) is 9.13 Å². The molecule has 2 heterocycles. The van der Waals surface area contributed by atoms with E-state index in [2.05, 4.69) is 191 Å². The minimum atomic E-state index is 1.02. The summed E-state index contributed by atoms with van der Waals surface area (Å²) in [5.41, 5.74) is 12.9. The van der Waals surface area contributed by atoms with Crippen molar-refractivity contribution in [2.75, 3.05) is 0 Å². The van der Waals surface area contributed by atoms with Gasteiger partial charge < -0.3 is 9.13 Å². The summed E-state index contributed by atoms with van der Waals surface area (Å²) in [4.78, 5) is 0. The van der Waals surface area contributed by atoms with Crippen molar-refractivity contribution in [2.24, 2.45) is 0 Å². The van der Waals surface area contributed by atoms with Gasteiger partial charge in [-0.25, -0.2) is 0 Å². The van der Waals surface area contributed by atoms with E-state index in [0.717, 1.165) is 12.8 Å². The summed E-state index contributed by atoms with van der Waals surface area (Å²) in [6.07, 6.45) is 4.54. The van der Waals surface area contributed by atoms with Crippen LogP contribution in [-0.2, 0) is 6.42 Å². The number of benzene rings is 9. The molecule has 0 saturated heterocycles. The maximum absolute atomic E-state index is 2.49.